The highest BCUT2D eigenvalue weighted by Gasteiger charge is 2.23. The van der Waals surface area contributed by atoms with Crippen LogP contribution in [0.4, 0.5) is 0 Å². The van der Waals surface area contributed by atoms with Gasteiger partial charge in [0.25, 0.3) is 5.91 Å². The molecule has 3 aromatic carbocycles. The van der Waals surface area contributed by atoms with Gasteiger partial charge in [0.15, 0.2) is 11.5 Å². The van der Waals surface area contributed by atoms with Crippen LogP contribution in [0.3, 0.4) is 0 Å². The van der Waals surface area contributed by atoms with E-state index in [2.05, 4.69) is 28.5 Å². The molecular weight excluding hydrogens is 404 g/mol. The molecular formula is C26H26N2O4. The highest BCUT2D eigenvalue weighted by molar-refractivity contribution is 5.98. The summed E-state index contributed by atoms with van der Waals surface area (Å²) in [4.78, 5) is 16.5. The number of H-pyrrole nitrogens is 1. The minimum atomic E-state index is -0.247. The van der Waals surface area contributed by atoms with Gasteiger partial charge in [0.1, 0.15) is 0 Å². The molecule has 2 N–H and O–H groups in total. The highest BCUT2D eigenvalue weighted by Crippen LogP contribution is 2.39. The second-order valence-corrected chi connectivity index (χ2v) is 7.34. The van der Waals surface area contributed by atoms with Crippen molar-refractivity contribution in [3.05, 3.63) is 89.6 Å². The molecule has 0 aliphatic heterocycles. The predicted molar refractivity (Wildman–Crippen MR) is 125 cm³/mol. The first-order valence-electron chi connectivity index (χ1n) is 10.4. The van der Waals surface area contributed by atoms with Gasteiger partial charge in [-0.3, -0.25) is 4.79 Å². The summed E-state index contributed by atoms with van der Waals surface area (Å²) >= 11 is 0. The zero-order valence-corrected chi connectivity index (χ0v) is 18.3. The van der Waals surface area contributed by atoms with Crippen molar-refractivity contribution >= 4 is 16.8 Å². The van der Waals surface area contributed by atoms with Gasteiger partial charge in [-0.15, -0.1) is 0 Å². The molecule has 0 bridgehead atoms. The SMILES string of the molecule is COc1ccc(C(=O)NCC(c2ccccc2)c2c[nH]c3ccccc23)c(OC)c1OC. The molecule has 1 atom stereocenters. The molecule has 0 spiro atoms. The summed E-state index contributed by atoms with van der Waals surface area (Å²) < 4.78 is 16.2. The number of amides is 1. The van der Waals surface area contributed by atoms with Gasteiger partial charge in [0.05, 0.1) is 26.9 Å². The Labute approximate surface area is 187 Å². The number of rotatable bonds is 8. The molecule has 1 amide bonds. The number of para-hydroxylation sites is 1. The number of ether oxygens (including phenoxy) is 3. The molecule has 0 radical (unpaired) electrons. The number of nitrogens with one attached hydrogen (secondary N) is 2. The van der Waals surface area contributed by atoms with Gasteiger partial charge in [0, 0.05) is 29.6 Å². The maximum absolute atomic E-state index is 13.2. The lowest BCUT2D eigenvalue weighted by atomic mass is 9.91. The Balaban J connectivity index is 1.66. The standard InChI is InChI=1S/C26H26N2O4/c1-30-23-14-13-19(24(31-2)25(23)32-3)26(29)28-15-20(17-9-5-4-6-10-17)21-16-27-22-12-8-7-11-18(21)22/h4-14,16,20,27H,15H2,1-3H3,(H,28,29). The zero-order chi connectivity index (χ0) is 22.5. The number of fused-ring (bicyclic) bond motifs is 1. The first-order chi connectivity index (χ1) is 15.7. The first kappa shape index (κ1) is 21.3. The molecule has 1 unspecified atom stereocenters. The quantitative estimate of drug-likeness (QED) is 0.423. The molecule has 0 saturated heterocycles. The molecule has 4 aromatic rings. The number of aromatic amines is 1. The zero-order valence-electron chi connectivity index (χ0n) is 18.3. The summed E-state index contributed by atoms with van der Waals surface area (Å²) in [7, 11) is 4.57. The Hall–Kier alpha value is -3.93. The van der Waals surface area contributed by atoms with Crippen molar-refractivity contribution in [1.82, 2.24) is 10.3 Å². The minimum absolute atomic E-state index is 0.0255. The highest BCUT2D eigenvalue weighted by atomic mass is 16.5. The number of carbonyl (C=O) groups is 1. The molecule has 32 heavy (non-hydrogen) atoms. The van der Waals surface area contributed by atoms with Crippen molar-refractivity contribution in [3.63, 3.8) is 0 Å². The third kappa shape index (κ3) is 3.99. The normalized spacial score (nSPS) is 11.7. The molecule has 0 aliphatic rings. The van der Waals surface area contributed by atoms with Gasteiger partial charge < -0.3 is 24.5 Å². The van der Waals surface area contributed by atoms with Crippen LogP contribution in [0, 0.1) is 0 Å². The third-order valence-corrected chi connectivity index (χ3v) is 5.61. The Bertz CT molecular complexity index is 1220. The van der Waals surface area contributed by atoms with Crippen LogP contribution in [0.5, 0.6) is 17.2 Å². The van der Waals surface area contributed by atoms with E-state index >= 15 is 0 Å². The predicted octanol–water partition coefficient (Wildman–Crippen LogP) is 4.76. The van der Waals surface area contributed by atoms with Crippen LogP contribution in [-0.2, 0) is 0 Å². The topological polar surface area (TPSA) is 72.6 Å². The Morgan fingerprint density at radius 3 is 2.31 bits per heavy atom. The summed E-state index contributed by atoms with van der Waals surface area (Å²) in [6, 6.07) is 21.7. The maximum atomic E-state index is 13.2. The monoisotopic (exact) mass is 430 g/mol. The smallest absolute Gasteiger partial charge is 0.255 e. The van der Waals surface area contributed by atoms with Crippen molar-refractivity contribution in [3.8, 4) is 17.2 Å². The number of benzene rings is 3. The lowest BCUT2D eigenvalue weighted by molar-refractivity contribution is 0.0948. The average Bonchev–Trinajstić information content (AvgIpc) is 3.27. The molecule has 6 heteroatoms. The van der Waals surface area contributed by atoms with Crippen molar-refractivity contribution in [2.75, 3.05) is 27.9 Å². The van der Waals surface area contributed by atoms with Crippen LogP contribution in [0.25, 0.3) is 10.9 Å². The molecule has 1 aromatic heterocycles. The van der Waals surface area contributed by atoms with Crippen molar-refractivity contribution in [2.45, 2.75) is 5.92 Å². The fourth-order valence-electron chi connectivity index (χ4n) is 4.05. The van der Waals surface area contributed by atoms with Crippen molar-refractivity contribution in [1.29, 1.82) is 0 Å². The summed E-state index contributed by atoms with van der Waals surface area (Å²) in [5.74, 6) is 0.958. The van der Waals surface area contributed by atoms with E-state index in [1.165, 1.54) is 14.2 Å². The molecule has 6 nitrogen and oxygen atoms in total. The van der Waals surface area contributed by atoms with E-state index in [-0.39, 0.29) is 11.8 Å². The van der Waals surface area contributed by atoms with Crippen LogP contribution in [0.15, 0.2) is 72.9 Å². The lowest BCUT2D eigenvalue weighted by Gasteiger charge is -2.19. The van der Waals surface area contributed by atoms with Gasteiger partial charge in [-0.25, -0.2) is 0 Å². The second-order valence-electron chi connectivity index (χ2n) is 7.34. The van der Waals surface area contributed by atoms with Crippen LogP contribution >= 0.6 is 0 Å². The van der Waals surface area contributed by atoms with Crippen LogP contribution in [0.1, 0.15) is 27.4 Å². The van der Waals surface area contributed by atoms with Crippen LogP contribution < -0.4 is 19.5 Å². The van der Waals surface area contributed by atoms with Gasteiger partial charge >= 0.3 is 0 Å². The third-order valence-electron chi connectivity index (χ3n) is 5.61. The van der Waals surface area contributed by atoms with Gasteiger partial charge in [-0.05, 0) is 29.3 Å². The van der Waals surface area contributed by atoms with E-state index < -0.39 is 0 Å². The fourth-order valence-corrected chi connectivity index (χ4v) is 4.05. The number of hydrogen-bond acceptors (Lipinski definition) is 4. The molecule has 0 saturated carbocycles. The van der Waals surface area contributed by atoms with E-state index in [0.717, 1.165) is 22.0 Å². The summed E-state index contributed by atoms with van der Waals surface area (Å²) in [6.45, 7) is 0.419. The Morgan fingerprint density at radius 1 is 0.875 bits per heavy atom. The van der Waals surface area contributed by atoms with Gasteiger partial charge in [-0.1, -0.05) is 48.5 Å². The van der Waals surface area contributed by atoms with Crippen molar-refractivity contribution < 1.29 is 19.0 Å². The van der Waals surface area contributed by atoms with E-state index in [1.807, 2.05) is 42.6 Å². The first-order valence-corrected chi connectivity index (χ1v) is 10.4. The molecule has 1 heterocycles. The second kappa shape index (κ2) is 9.47. The number of hydrogen-bond donors (Lipinski definition) is 2. The lowest BCUT2D eigenvalue weighted by Crippen LogP contribution is -2.29. The van der Waals surface area contributed by atoms with E-state index in [9.17, 15) is 4.79 Å². The summed E-state index contributed by atoms with van der Waals surface area (Å²) in [6.07, 6.45) is 2.02. The van der Waals surface area contributed by atoms with Crippen molar-refractivity contribution in [2.24, 2.45) is 0 Å². The van der Waals surface area contributed by atoms with E-state index in [1.54, 1.807) is 19.2 Å². The van der Waals surface area contributed by atoms with Crippen LogP contribution in [-0.4, -0.2) is 38.8 Å². The van der Waals surface area contributed by atoms with E-state index in [0.29, 0.717) is 29.4 Å². The minimum Gasteiger partial charge on any atom is -0.493 e. The van der Waals surface area contributed by atoms with Gasteiger partial charge in [-0.2, -0.15) is 0 Å². The molecule has 0 fully saturated rings. The molecule has 164 valence electrons. The largest absolute Gasteiger partial charge is 0.493 e. The summed E-state index contributed by atoms with van der Waals surface area (Å²) in [5, 5.41) is 4.22. The maximum Gasteiger partial charge on any atom is 0.255 e. The van der Waals surface area contributed by atoms with E-state index in [4.69, 9.17) is 14.2 Å². The fraction of sp³-hybridized carbons (Fsp3) is 0.192. The molecule has 0 aliphatic carbocycles. The number of aromatic nitrogens is 1. The van der Waals surface area contributed by atoms with Gasteiger partial charge in [0.2, 0.25) is 5.75 Å². The number of carbonyl (C=O) groups excluding carboxylic acids is 1. The average molecular weight is 431 g/mol. The Morgan fingerprint density at radius 2 is 1.59 bits per heavy atom. The summed E-state index contributed by atoms with van der Waals surface area (Å²) in [5.41, 5.74) is 3.70. The van der Waals surface area contributed by atoms with Crippen LogP contribution in [0.2, 0.25) is 0 Å². The Kier molecular flexibility index (Phi) is 6.31. The molecule has 4 rings (SSSR count). The number of methoxy groups -OCH3 is 3.